The van der Waals surface area contributed by atoms with Gasteiger partial charge in [-0.25, -0.2) is 9.88 Å². The van der Waals surface area contributed by atoms with E-state index >= 15 is 0 Å². The Bertz CT molecular complexity index is 576. The molecule has 0 radical (unpaired) electrons. The number of rotatable bonds is 1. The Morgan fingerprint density at radius 2 is 1.95 bits per heavy atom. The van der Waals surface area contributed by atoms with Gasteiger partial charge < -0.3 is 5.73 Å². The van der Waals surface area contributed by atoms with Gasteiger partial charge in [0.1, 0.15) is 5.82 Å². The molecule has 3 rings (SSSR count). The van der Waals surface area contributed by atoms with E-state index in [0.29, 0.717) is 17.9 Å². The van der Waals surface area contributed by atoms with Crippen LogP contribution >= 0.6 is 0 Å². The van der Waals surface area contributed by atoms with Crippen LogP contribution < -0.4 is 10.6 Å². The monoisotopic (exact) mass is 273 g/mol. The van der Waals surface area contributed by atoms with Crippen molar-refractivity contribution in [3.8, 4) is 0 Å². The third kappa shape index (κ3) is 1.88. The number of aryl methyl sites for hydroxylation is 1. The van der Waals surface area contributed by atoms with E-state index in [1.165, 1.54) is 11.1 Å². The van der Waals surface area contributed by atoms with Gasteiger partial charge in [-0.1, -0.05) is 19.3 Å². The minimum atomic E-state index is -0.466. The number of hydrogen-bond donors (Lipinski definition) is 1. The van der Waals surface area contributed by atoms with Crippen LogP contribution in [0.1, 0.15) is 44.1 Å². The van der Waals surface area contributed by atoms with Gasteiger partial charge in [-0.15, -0.1) is 0 Å². The third-order valence-electron chi connectivity index (χ3n) is 4.57. The molecule has 0 atom stereocenters. The van der Waals surface area contributed by atoms with Crippen molar-refractivity contribution in [2.45, 2.75) is 45.4 Å². The molecule has 2 heterocycles. The van der Waals surface area contributed by atoms with E-state index in [1.54, 1.807) is 6.07 Å². The van der Waals surface area contributed by atoms with Crippen LogP contribution in [0.5, 0.6) is 0 Å². The molecule has 1 aliphatic carbocycles. The number of pyridine rings is 1. The van der Waals surface area contributed by atoms with Crippen molar-refractivity contribution in [2.24, 2.45) is 5.41 Å². The highest BCUT2D eigenvalue weighted by molar-refractivity contribution is 6.22. The van der Waals surface area contributed by atoms with E-state index in [-0.39, 0.29) is 11.8 Å². The first-order valence-corrected chi connectivity index (χ1v) is 7.13. The molecule has 0 bridgehead atoms. The standard InChI is InChI=1S/C15H19N3O2/c1-10-7-12(17-9-11(10)16)18-13(19)8-15(14(18)20)5-3-2-4-6-15/h7,9H,2-6,8,16H2,1H3. The average molecular weight is 273 g/mol. The molecule has 2 aliphatic rings. The third-order valence-corrected chi connectivity index (χ3v) is 4.57. The maximum atomic E-state index is 12.7. The van der Waals surface area contributed by atoms with Crippen LogP contribution in [-0.4, -0.2) is 16.8 Å². The predicted octanol–water partition coefficient (Wildman–Crippen LogP) is 2.19. The molecule has 5 nitrogen and oxygen atoms in total. The number of nitrogens with zero attached hydrogens (tertiary/aromatic N) is 2. The molecular formula is C15H19N3O2. The van der Waals surface area contributed by atoms with Crippen molar-refractivity contribution >= 4 is 23.3 Å². The minimum Gasteiger partial charge on any atom is -0.397 e. The van der Waals surface area contributed by atoms with Crippen LogP contribution in [0.25, 0.3) is 0 Å². The van der Waals surface area contributed by atoms with Gasteiger partial charge in [0.15, 0.2) is 0 Å². The fraction of sp³-hybridized carbons (Fsp3) is 0.533. The Hall–Kier alpha value is -1.91. The number of carbonyl (C=O) groups excluding carboxylic acids is 2. The first-order chi connectivity index (χ1) is 9.53. The number of amides is 2. The SMILES string of the molecule is Cc1cc(N2C(=O)CC3(CCCCC3)C2=O)ncc1N. The van der Waals surface area contributed by atoms with E-state index in [1.807, 2.05) is 6.92 Å². The Balaban J connectivity index is 1.95. The summed E-state index contributed by atoms with van der Waals surface area (Å²) >= 11 is 0. The van der Waals surface area contributed by atoms with Gasteiger partial charge in [0.2, 0.25) is 11.8 Å². The van der Waals surface area contributed by atoms with Crippen molar-refractivity contribution in [1.29, 1.82) is 0 Å². The van der Waals surface area contributed by atoms with Crippen LogP contribution in [0.3, 0.4) is 0 Å². The van der Waals surface area contributed by atoms with Gasteiger partial charge in [0, 0.05) is 6.42 Å². The summed E-state index contributed by atoms with van der Waals surface area (Å²) in [5, 5.41) is 0. The van der Waals surface area contributed by atoms with Crippen LogP contribution in [-0.2, 0) is 9.59 Å². The van der Waals surface area contributed by atoms with E-state index in [9.17, 15) is 9.59 Å². The molecule has 2 N–H and O–H groups in total. The number of nitrogens with two attached hydrogens (primary N) is 1. The molecule has 106 valence electrons. The lowest BCUT2D eigenvalue weighted by atomic mass is 9.73. The maximum absolute atomic E-state index is 12.7. The van der Waals surface area contributed by atoms with Gasteiger partial charge >= 0.3 is 0 Å². The quantitative estimate of drug-likeness (QED) is 0.796. The Morgan fingerprint density at radius 3 is 2.60 bits per heavy atom. The molecule has 1 saturated heterocycles. The van der Waals surface area contributed by atoms with Crippen LogP contribution in [0.4, 0.5) is 11.5 Å². The number of anilines is 2. The summed E-state index contributed by atoms with van der Waals surface area (Å²) in [5.41, 5.74) is 6.68. The molecule has 0 aromatic carbocycles. The van der Waals surface area contributed by atoms with E-state index in [0.717, 1.165) is 37.7 Å². The summed E-state index contributed by atoms with van der Waals surface area (Å²) in [6.07, 6.45) is 6.70. The number of imide groups is 1. The van der Waals surface area contributed by atoms with Gasteiger partial charge in [-0.3, -0.25) is 9.59 Å². The first kappa shape index (κ1) is 13.1. The van der Waals surface area contributed by atoms with Crippen LogP contribution in [0, 0.1) is 12.3 Å². The molecule has 5 heteroatoms. The predicted molar refractivity (Wildman–Crippen MR) is 76.0 cm³/mol. The molecule has 0 unspecified atom stereocenters. The molecule has 2 amide bonds. The molecule has 1 aromatic heterocycles. The highest BCUT2D eigenvalue weighted by Crippen LogP contribution is 2.46. The summed E-state index contributed by atoms with van der Waals surface area (Å²) < 4.78 is 0. The fourth-order valence-electron chi connectivity index (χ4n) is 3.32. The smallest absolute Gasteiger partial charge is 0.241 e. The number of aromatic nitrogens is 1. The van der Waals surface area contributed by atoms with Gasteiger partial charge in [0.25, 0.3) is 0 Å². The average Bonchev–Trinajstić information content (AvgIpc) is 2.66. The highest BCUT2D eigenvalue weighted by atomic mass is 16.2. The Kier molecular flexibility index (Phi) is 3.00. The Morgan fingerprint density at radius 1 is 1.25 bits per heavy atom. The summed E-state index contributed by atoms with van der Waals surface area (Å²) in [4.78, 5) is 30.4. The van der Waals surface area contributed by atoms with E-state index in [2.05, 4.69) is 4.98 Å². The molecule has 1 spiro atoms. The molecule has 1 aliphatic heterocycles. The minimum absolute atomic E-state index is 0.0705. The van der Waals surface area contributed by atoms with Crippen molar-refractivity contribution in [2.75, 3.05) is 10.6 Å². The lowest BCUT2D eigenvalue weighted by molar-refractivity contribution is -0.127. The highest BCUT2D eigenvalue weighted by Gasteiger charge is 2.52. The van der Waals surface area contributed by atoms with Crippen LogP contribution in [0.15, 0.2) is 12.3 Å². The summed E-state index contributed by atoms with van der Waals surface area (Å²) in [7, 11) is 0. The Labute approximate surface area is 118 Å². The number of nitrogen functional groups attached to an aromatic ring is 1. The molecule has 1 aromatic rings. The van der Waals surface area contributed by atoms with Gasteiger partial charge in [-0.05, 0) is 31.4 Å². The zero-order valence-electron chi connectivity index (χ0n) is 11.7. The normalized spacial score (nSPS) is 21.8. The van der Waals surface area contributed by atoms with Crippen molar-refractivity contribution < 1.29 is 9.59 Å². The number of hydrogen-bond acceptors (Lipinski definition) is 4. The molecule has 20 heavy (non-hydrogen) atoms. The fourth-order valence-corrected chi connectivity index (χ4v) is 3.32. The lowest BCUT2D eigenvalue weighted by Gasteiger charge is -2.30. The second kappa shape index (κ2) is 4.58. The van der Waals surface area contributed by atoms with Crippen molar-refractivity contribution in [1.82, 2.24) is 4.98 Å². The summed E-state index contributed by atoms with van der Waals surface area (Å²) in [6, 6.07) is 1.72. The van der Waals surface area contributed by atoms with Gasteiger partial charge in [-0.2, -0.15) is 0 Å². The van der Waals surface area contributed by atoms with Gasteiger partial charge in [0.05, 0.1) is 17.3 Å². The molecule has 1 saturated carbocycles. The van der Waals surface area contributed by atoms with E-state index < -0.39 is 5.41 Å². The van der Waals surface area contributed by atoms with E-state index in [4.69, 9.17) is 5.73 Å². The molecule has 2 fully saturated rings. The second-order valence-corrected chi connectivity index (χ2v) is 5.95. The lowest BCUT2D eigenvalue weighted by Crippen LogP contribution is -2.37. The van der Waals surface area contributed by atoms with Crippen molar-refractivity contribution in [3.63, 3.8) is 0 Å². The topological polar surface area (TPSA) is 76.3 Å². The summed E-state index contributed by atoms with van der Waals surface area (Å²) in [5.74, 6) is 0.210. The zero-order chi connectivity index (χ0) is 14.3. The second-order valence-electron chi connectivity index (χ2n) is 5.95. The zero-order valence-corrected chi connectivity index (χ0v) is 11.7. The maximum Gasteiger partial charge on any atom is 0.241 e. The van der Waals surface area contributed by atoms with Crippen LogP contribution in [0.2, 0.25) is 0 Å². The first-order valence-electron chi connectivity index (χ1n) is 7.13. The largest absolute Gasteiger partial charge is 0.397 e. The summed E-state index contributed by atoms with van der Waals surface area (Å²) in [6.45, 7) is 1.85. The number of carbonyl (C=O) groups is 2. The molecular weight excluding hydrogens is 254 g/mol. The van der Waals surface area contributed by atoms with Crippen molar-refractivity contribution in [3.05, 3.63) is 17.8 Å².